The molecule has 4 nitrogen and oxygen atoms in total. The van der Waals surface area contributed by atoms with Crippen LogP contribution in [-0.4, -0.2) is 34.5 Å². The van der Waals surface area contributed by atoms with Crippen LogP contribution in [-0.2, 0) is 0 Å². The van der Waals surface area contributed by atoms with Gasteiger partial charge in [-0.1, -0.05) is 30.2 Å². The van der Waals surface area contributed by atoms with Gasteiger partial charge in [-0.05, 0) is 80.6 Å². The van der Waals surface area contributed by atoms with Gasteiger partial charge in [0.15, 0.2) is 5.78 Å². The molecular weight excluding hydrogens is 382 g/mol. The predicted octanol–water partition coefficient (Wildman–Crippen LogP) is 4.97. The van der Waals surface area contributed by atoms with Gasteiger partial charge in [0, 0.05) is 28.8 Å². The SMILES string of the molecule is Nn1cc(C2CCN3CCCCC3C2)c2cc(C(=O)c3ccccc3Cl)ccc21. The second kappa shape index (κ2) is 7.51. The summed E-state index contributed by atoms with van der Waals surface area (Å²) in [6.45, 7) is 2.40. The Morgan fingerprint density at radius 1 is 1.07 bits per heavy atom. The Morgan fingerprint density at radius 2 is 1.93 bits per heavy atom. The molecule has 1 aromatic heterocycles. The number of halogens is 1. The van der Waals surface area contributed by atoms with Crippen LogP contribution < -0.4 is 5.84 Å². The summed E-state index contributed by atoms with van der Waals surface area (Å²) in [5.74, 6) is 6.72. The Balaban J connectivity index is 1.51. The van der Waals surface area contributed by atoms with Crippen molar-refractivity contribution >= 4 is 28.3 Å². The summed E-state index contributed by atoms with van der Waals surface area (Å²) in [6.07, 6.45) is 8.37. The molecule has 2 atom stereocenters. The van der Waals surface area contributed by atoms with Gasteiger partial charge in [0.2, 0.25) is 0 Å². The van der Waals surface area contributed by atoms with E-state index in [0.717, 1.165) is 23.9 Å². The quantitative estimate of drug-likeness (QED) is 0.492. The fourth-order valence-corrected chi connectivity index (χ4v) is 5.44. The first kappa shape index (κ1) is 18.7. The Bertz CT molecular complexity index is 1070. The number of hydrogen-bond acceptors (Lipinski definition) is 3. The van der Waals surface area contributed by atoms with Crippen molar-refractivity contribution in [3.63, 3.8) is 0 Å². The van der Waals surface area contributed by atoms with Gasteiger partial charge in [-0.3, -0.25) is 9.47 Å². The Labute approximate surface area is 176 Å². The second-order valence-electron chi connectivity index (χ2n) is 8.44. The molecular formula is C24H26ClN3O. The third-order valence-electron chi connectivity index (χ3n) is 6.75. The monoisotopic (exact) mass is 407 g/mol. The van der Waals surface area contributed by atoms with E-state index < -0.39 is 0 Å². The maximum absolute atomic E-state index is 13.1. The van der Waals surface area contributed by atoms with E-state index in [0.29, 0.717) is 28.1 Å². The minimum absolute atomic E-state index is 0.0460. The summed E-state index contributed by atoms with van der Waals surface area (Å²) >= 11 is 6.26. The molecule has 2 aliphatic heterocycles. The van der Waals surface area contributed by atoms with Crippen LogP contribution >= 0.6 is 11.6 Å². The van der Waals surface area contributed by atoms with E-state index in [-0.39, 0.29) is 5.78 Å². The van der Waals surface area contributed by atoms with Crippen molar-refractivity contribution in [1.82, 2.24) is 9.58 Å². The number of rotatable bonds is 3. The average Bonchev–Trinajstić information content (AvgIpc) is 3.09. The molecule has 2 aromatic carbocycles. The van der Waals surface area contributed by atoms with Crippen molar-refractivity contribution in [2.75, 3.05) is 18.9 Å². The van der Waals surface area contributed by atoms with E-state index in [1.165, 1.54) is 37.8 Å². The van der Waals surface area contributed by atoms with Gasteiger partial charge in [-0.25, -0.2) is 0 Å². The van der Waals surface area contributed by atoms with Crippen molar-refractivity contribution < 1.29 is 4.79 Å². The molecule has 29 heavy (non-hydrogen) atoms. The molecule has 2 fully saturated rings. The van der Waals surface area contributed by atoms with Gasteiger partial charge in [0.05, 0.1) is 10.5 Å². The van der Waals surface area contributed by atoms with E-state index in [1.807, 2.05) is 30.3 Å². The highest BCUT2D eigenvalue weighted by atomic mass is 35.5. The third kappa shape index (κ3) is 3.34. The number of benzene rings is 2. The summed E-state index contributed by atoms with van der Waals surface area (Å²) in [5, 5.41) is 1.58. The highest BCUT2D eigenvalue weighted by Gasteiger charge is 2.32. The zero-order valence-electron chi connectivity index (χ0n) is 16.5. The molecule has 2 aliphatic rings. The van der Waals surface area contributed by atoms with E-state index in [1.54, 1.807) is 16.8 Å². The first-order chi connectivity index (χ1) is 14.1. The second-order valence-corrected chi connectivity index (χ2v) is 8.85. The van der Waals surface area contributed by atoms with Gasteiger partial charge in [0.25, 0.3) is 0 Å². The first-order valence-corrected chi connectivity index (χ1v) is 10.9. The van der Waals surface area contributed by atoms with Crippen LogP contribution in [0.1, 0.15) is 59.5 Å². The number of fused-ring (bicyclic) bond motifs is 2. The minimum Gasteiger partial charge on any atom is -0.339 e. The molecule has 0 amide bonds. The molecule has 0 radical (unpaired) electrons. The fraction of sp³-hybridized carbons (Fsp3) is 0.375. The number of carbonyl (C=O) groups is 1. The molecule has 3 heterocycles. The maximum atomic E-state index is 13.1. The molecule has 0 aliphatic carbocycles. The largest absolute Gasteiger partial charge is 0.339 e. The molecule has 0 saturated carbocycles. The van der Waals surface area contributed by atoms with Gasteiger partial charge >= 0.3 is 0 Å². The molecule has 2 unspecified atom stereocenters. The number of nitrogens with zero attached hydrogens (tertiary/aromatic N) is 2. The summed E-state index contributed by atoms with van der Waals surface area (Å²) < 4.78 is 1.71. The smallest absolute Gasteiger partial charge is 0.194 e. The van der Waals surface area contributed by atoms with Crippen LogP contribution in [0, 0.1) is 0 Å². The zero-order valence-corrected chi connectivity index (χ0v) is 17.2. The lowest BCUT2D eigenvalue weighted by Crippen LogP contribution is -2.44. The van der Waals surface area contributed by atoms with Gasteiger partial charge in [-0.15, -0.1) is 0 Å². The lowest BCUT2D eigenvalue weighted by Gasteiger charge is -2.42. The Kier molecular flexibility index (Phi) is 4.84. The van der Waals surface area contributed by atoms with E-state index in [2.05, 4.69) is 11.1 Å². The van der Waals surface area contributed by atoms with Crippen LogP contribution in [0.2, 0.25) is 5.02 Å². The van der Waals surface area contributed by atoms with Gasteiger partial charge in [-0.2, -0.15) is 0 Å². The molecule has 150 valence electrons. The van der Waals surface area contributed by atoms with Crippen LogP contribution in [0.4, 0.5) is 0 Å². The standard InChI is InChI=1S/C24H26ClN3O/c25-22-7-2-1-6-19(22)24(29)17-8-9-23-20(14-17)21(15-28(23)26)16-10-12-27-11-4-3-5-18(27)13-16/h1-2,6-9,14-16,18H,3-5,10-13,26H2. The number of ketones is 1. The number of piperidine rings is 2. The van der Waals surface area contributed by atoms with Crippen LogP contribution in [0.3, 0.4) is 0 Å². The maximum Gasteiger partial charge on any atom is 0.194 e. The topological polar surface area (TPSA) is 51.3 Å². The third-order valence-corrected chi connectivity index (χ3v) is 7.08. The number of nitrogen functional groups attached to an aromatic ring is 1. The molecule has 5 heteroatoms. The molecule has 2 saturated heterocycles. The highest BCUT2D eigenvalue weighted by molar-refractivity contribution is 6.35. The molecule has 0 bridgehead atoms. The van der Waals surface area contributed by atoms with Crippen molar-refractivity contribution in [1.29, 1.82) is 0 Å². The van der Waals surface area contributed by atoms with Crippen molar-refractivity contribution in [2.24, 2.45) is 0 Å². The van der Waals surface area contributed by atoms with Crippen molar-refractivity contribution in [3.8, 4) is 0 Å². The minimum atomic E-state index is -0.0460. The van der Waals surface area contributed by atoms with E-state index in [4.69, 9.17) is 17.4 Å². The number of carbonyl (C=O) groups excluding carboxylic acids is 1. The lowest BCUT2D eigenvalue weighted by atomic mass is 9.82. The number of nitrogens with two attached hydrogens (primary N) is 1. The zero-order chi connectivity index (χ0) is 20.0. The van der Waals surface area contributed by atoms with E-state index in [9.17, 15) is 4.79 Å². The highest BCUT2D eigenvalue weighted by Crippen LogP contribution is 2.39. The predicted molar refractivity (Wildman–Crippen MR) is 118 cm³/mol. The molecule has 2 N–H and O–H groups in total. The van der Waals surface area contributed by atoms with Crippen molar-refractivity contribution in [3.05, 3.63) is 70.4 Å². The fourth-order valence-electron chi connectivity index (χ4n) is 5.22. The van der Waals surface area contributed by atoms with Crippen LogP contribution in [0.5, 0.6) is 0 Å². The molecule has 5 rings (SSSR count). The lowest BCUT2D eigenvalue weighted by molar-refractivity contribution is 0.0977. The average molecular weight is 408 g/mol. The van der Waals surface area contributed by atoms with Gasteiger partial charge < -0.3 is 10.7 Å². The number of aromatic nitrogens is 1. The molecule has 3 aromatic rings. The Morgan fingerprint density at radius 3 is 2.79 bits per heavy atom. The Hall–Kier alpha value is -2.30. The van der Waals surface area contributed by atoms with Crippen molar-refractivity contribution in [2.45, 2.75) is 44.1 Å². The first-order valence-electron chi connectivity index (χ1n) is 10.5. The normalized spacial score (nSPS) is 22.5. The number of hydrogen-bond donors (Lipinski definition) is 1. The summed E-state index contributed by atoms with van der Waals surface area (Å²) in [6, 6.07) is 13.7. The molecule has 0 spiro atoms. The van der Waals surface area contributed by atoms with Crippen LogP contribution in [0.25, 0.3) is 10.9 Å². The summed E-state index contributed by atoms with van der Waals surface area (Å²) in [4.78, 5) is 15.7. The van der Waals surface area contributed by atoms with Crippen LogP contribution in [0.15, 0.2) is 48.7 Å². The van der Waals surface area contributed by atoms with Gasteiger partial charge in [0.1, 0.15) is 0 Å². The summed E-state index contributed by atoms with van der Waals surface area (Å²) in [7, 11) is 0. The summed E-state index contributed by atoms with van der Waals surface area (Å²) in [5.41, 5.74) is 3.45. The van der Waals surface area contributed by atoms with E-state index >= 15 is 0 Å².